The number of amides is 1. The average molecular weight is 305 g/mol. The second kappa shape index (κ2) is 5.84. The van der Waals surface area contributed by atoms with Crippen LogP contribution in [-0.4, -0.2) is 32.6 Å². The van der Waals surface area contributed by atoms with Crippen molar-refractivity contribution < 1.29 is 14.7 Å². The van der Waals surface area contributed by atoms with Crippen LogP contribution in [0.25, 0.3) is 10.9 Å². The van der Waals surface area contributed by atoms with Gasteiger partial charge in [0.2, 0.25) is 5.91 Å². The van der Waals surface area contributed by atoms with E-state index in [1.807, 2.05) is 0 Å². The Morgan fingerprint density at radius 2 is 1.86 bits per heavy atom. The van der Waals surface area contributed by atoms with Crippen LogP contribution >= 0.6 is 0 Å². The SMILES string of the molecule is CC(NC(=O)C(C)n1c(=O)[nH]c2ccccc2c1=O)C(=O)O. The number of hydrogen-bond acceptors (Lipinski definition) is 4. The number of carbonyl (C=O) groups excluding carboxylic acids is 1. The van der Waals surface area contributed by atoms with E-state index in [0.29, 0.717) is 5.52 Å². The molecule has 22 heavy (non-hydrogen) atoms. The number of aliphatic carboxylic acids is 1. The number of H-pyrrole nitrogens is 1. The van der Waals surface area contributed by atoms with Crippen LogP contribution in [0.15, 0.2) is 33.9 Å². The Bertz CT molecular complexity index is 851. The first-order valence-electron chi connectivity index (χ1n) is 6.59. The molecule has 0 aliphatic rings. The van der Waals surface area contributed by atoms with Gasteiger partial charge in [-0.1, -0.05) is 12.1 Å². The molecule has 2 unspecified atom stereocenters. The minimum Gasteiger partial charge on any atom is -0.480 e. The van der Waals surface area contributed by atoms with E-state index >= 15 is 0 Å². The van der Waals surface area contributed by atoms with E-state index in [-0.39, 0.29) is 5.39 Å². The van der Waals surface area contributed by atoms with Crippen LogP contribution in [0.1, 0.15) is 19.9 Å². The summed E-state index contributed by atoms with van der Waals surface area (Å²) < 4.78 is 0.770. The lowest BCUT2D eigenvalue weighted by Crippen LogP contribution is -2.47. The molecule has 116 valence electrons. The first-order valence-corrected chi connectivity index (χ1v) is 6.59. The zero-order chi connectivity index (χ0) is 16.4. The van der Waals surface area contributed by atoms with Gasteiger partial charge in [0, 0.05) is 0 Å². The molecule has 0 saturated heterocycles. The predicted molar refractivity (Wildman–Crippen MR) is 78.8 cm³/mol. The van der Waals surface area contributed by atoms with Crippen molar-refractivity contribution in [3.63, 3.8) is 0 Å². The van der Waals surface area contributed by atoms with Gasteiger partial charge in [0.25, 0.3) is 5.56 Å². The largest absolute Gasteiger partial charge is 0.480 e. The number of carbonyl (C=O) groups is 2. The molecule has 0 fully saturated rings. The normalized spacial score (nSPS) is 13.5. The minimum absolute atomic E-state index is 0.271. The molecular formula is C14H15N3O5. The van der Waals surface area contributed by atoms with Crippen LogP contribution in [0, 0.1) is 0 Å². The number of hydrogen-bond donors (Lipinski definition) is 3. The van der Waals surface area contributed by atoms with Crippen molar-refractivity contribution in [1.82, 2.24) is 14.9 Å². The molecule has 1 aromatic carbocycles. The van der Waals surface area contributed by atoms with Crippen LogP contribution in [-0.2, 0) is 9.59 Å². The maximum absolute atomic E-state index is 12.4. The number of rotatable bonds is 4. The highest BCUT2D eigenvalue weighted by atomic mass is 16.4. The van der Waals surface area contributed by atoms with Gasteiger partial charge < -0.3 is 15.4 Å². The molecule has 0 aliphatic carbocycles. The van der Waals surface area contributed by atoms with Gasteiger partial charge in [-0.3, -0.25) is 14.4 Å². The Balaban J connectivity index is 2.46. The highest BCUT2D eigenvalue weighted by Crippen LogP contribution is 2.06. The summed E-state index contributed by atoms with van der Waals surface area (Å²) >= 11 is 0. The van der Waals surface area contributed by atoms with Gasteiger partial charge in [-0.2, -0.15) is 0 Å². The first kappa shape index (κ1) is 15.5. The van der Waals surface area contributed by atoms with E-state index in [2.05, 4.69) is 10.3 Å². The van der Waals surface area contributed by atoms with Crippen molar-refractivity contribution in [3.8, 4) is 0 Å². The van der Waals surface area contributed by atoms with Gasteiger partial charge in [-0.25, -0.2) is 9.36 Å². The highest BCUT2D eigenvalue weighted by Gasteiger charge is 2.23. The number of nitrogens with zero attached hydrogens (tertiary/aromatic N) is 1. The van der Waals surface area contributed by atoms with Gasteiger partial charge in [0.1, 0.15) is 12.1 Å². The molecule has 0 bridgehead atoms. The third-order valence-corrected chi connectivity index (χ3v) is 3.33. The summed E-state index contributed by atoms with van der Waals surface area (Å²) in [5.74, 6) is -1.93. The minimum atomic E-state index is -1.21. The molecule has 8 nitrogen and oxygen atoms in total. The van der Waals surface area contributed by atoms with Crippen molar-refractivity contribution in [2.24, 2.45) is 0 Å². The average Bonchev–Trinajstić information content (AvgIpc) is 2.46. The molecule has 8 heteroatoms. The van der Waals surface area contributed by atoms with E-state index in [1.54, 1.807) is 18.2 Å². The number of benzene rings is 1. The molecule has 0 saturated carbocycles. The molecule has 0 aliphatic heterocycles. The number of aromatic amines is 1. The summed E-state index contributed by atoms with van der Waals surface area (Å²) in [4.78, 5) is 49.7. The van der Waals surface area contributed by atoms with E-state index in [0.717, 1.165) is 4.57 Å². The molecular weight excluding hydrogens is 290 g/mol. The molecule has 2 atom stereocenters. The van der Waals surface area contributed by atoms with Crippen LogP contribution in [0.4, 0.5) is 0 Å². The van der Waals surface area contributed by atoms with Gasteiger partial charge in [-0.05, 0) is 26.0 Å². The number of para-hydroxylation sites is 1. The first-order chi connectivity index (χ1) is 10.3. The fourth-order valence-electron chi connectivity index (χ4n) is 2.04. The Labute approximate surface area is 124 Å². The predicted octanol–water partition coefficient (Wildman–Crippen LogP) is -0.160. The second-order valence-corrected chi connectivity index (χ2v) is 4.90. The smallest absolute Gasteiger partial charge is 0.329 e. The van der Waals surface area contributed by atoms with Crippen molar-refractivity contribution in [2.75, 3.05) is 0 Å². The lowest BCUT2D eigenvalue weighted by atomic mass is 10.2. The van der Waals surface area contributed by atoms with Gasteiger partial charge >= 0.3 is 11.7 Å². The van der Waals surface area contributed by atoms with E-state index in [1.165, 1.54) is 19.9 Å². The molecule has 1 amide bonds. The third kappa shape index (κ3) is 2.76. The summed E-state index contributed by atoms with van der Waals surface area (Å²) in [5, 5.41) is 11.3. The molecule has 2 rings (SSSR count). The van der Waals surface area contributed by atoms with Crippen molar-refractivity contribution in [2.45, 2.75) is 25.9 Å². The summed E-state index contributed by atoms with van der Waals surface area (Å²) in [6.07, 6.45) is 0. The highest BCUT2D eigenvalue weighted by molar-refractivity contribution is 5.86. The molecule has 1 aromatic heterocycles. The topological polar surface area (TPSA) is 121 Å². The lowest BCUT2D eigenvalue weighted by molar-refractivity contribution is -0.141. The van der Waals surface area contributed by atoms with Crippen molar-refractivity contribution in [1.29, 1.82) is 0 Å². The van der Waals surface area contributed by atoms with Crippen molar-refractivity contribution >= 4 is 22.8 Å². The van der Waals surface area contributed by atoms with Gasteiger partial charge in [0.15, 0.2) is 0 Å². The molecule has 0 spiro atoms. The molecule has 2 aromatic rings. The summed E-state index contributed by atoms with van der Waals surface area (Å²) in [6, 6.07) is 4.18. The number of fused-ring (bicyclic) bond motifs is 1. The summed E-state index contributed by atoms with van der Waals surface area (Å²) in [7, 11) is 0. The maximum atomic E-state index is 12.4. The maximum Gasteiger partial charge on any atom is 0.329 e. The van der Waals surface area contributed by atoms with Crippen LogP contribution in [0.5, 0.6) is 0 Å². The van der Waals surface area contributed by atoms with Gasteiger partial charge in [0.05, 0.1) is 10.9 Å². The molecule has 3 N–H and O–H groups in total. The second-order valence-electron chi connectivity index (χ2n) is 4.90. The van der Waals surface area contributed by atoms with Crippen LogP contribution in [0.2, 0.25) is 0 Å². The van der Waals surface area contributed by atoms with E-state index < -0.39 is 35.2 Å². The number of nitrogens with one attached hydrogen (secondary N) is 2. The quantitative estimate of drug-likeness (QED) is 0.724. The van der Waals surface area contributed by atoms with E-state index in [9.17, 15) is 19.2 Å². The summed E-state index contributed by atoms with van der Waals surface area (Å²) in [6.45, 7) is 2.65. The summed E-state index contributed by atoms with van der Waals surface area (Å²) in [5.41, 5.74) is -0.959. The fourth-order valence-corrected chi connectivity index (χ4v) is 2.04. The van der Waals surface area contributed by atoms with Crippen molar-refractivity contribution in [3.05, 3.63) is 45.1 Å². The monoisotopic (exact) mass is 305 g/mol. The fraction of sp³-hybridized carbons (Fsp3) is 0.286. The number of carboxylic acid groups (broad SMARTS) is 1. The number of aromatic nitrogens is 2. The number of carboxylic acids is 1. The Morgan fingerprint density at radius 3 is 2.50 bits per heavy atom. The Hall–Kier alpha value is -2.90. The third-order valence-electron chi connectivity index (χ3n) is 3.33. The Kier molecular flexibility index (Phi) is 4.11. The lowest BCUT2D eigenvalue weighted by Gasteiger charge is -2.16. The van der Waals surface area contributed by atoms with Crippen LogP contribution < -0.4 is 16.6 Å². The molecule has 0 radical (unpaired) electrons. The zero-order valence-corrected chi connectivity index (χ0v) is 12.0. The standard InChI is InChI=1S/C14H15N3O5/c1-7(13(20)21)15-11(18)8(2)17-12(19)9-5-3-4-6-10(9)16-14(17)22/h3-8H,1-2H3,(H,15,18)(H,16,22)(H,20,21). The zero-order valence-electron chi connectivity index (χ0n) is 12.0. The Morgan fingerprint density at radius 1 is 1.23 bits per heavy atom. The van der Waals surface area contributed by atoms with Crippen LogP contribution in [0.3, 0.4) is 0 Å². The molecule has 1 heterocycles. The van der Waals surface area contributed by atoms with Gasteiger partial charge in [-0.15, -0.1) is 0 Å². The van der Waals surface area contributed by atoms with E-state index in [4.69, 9.17) is 5.11 Å².